The molecule has 0 radical (unpaired) electrons. The maximum Gasteiger partial charge on any atom is 0.0747 e. The highest BCUT2D eigenvalue weighted by atomic mass is 28.3. The molecule has 0 aliphatic carbocycles. The Hall–Kier alpha value is -0.823. The Morgan fingerprint density at radius 3 is 2.38 bits per heavy atom. The second kappa shape index (κ2) is 3.50. The van der Waals surface area contributed by atoms with Crippen molar-refractivity contribution in [2.24, 2.45) is 0 Å². The Morgan fingerprint density at radius 2 is 1.85 bits per heavy atom. The van der Waals surface area contributed by atoms with Crippen LogP contribution < -0.4 is 0 Å². The third kappa shape index (κ3) is 2.10. The number of hydrogen-bond acceptors (Lipinski definition) is 0. The van der Waals surface area contributed by atoms with Crippen molar-refractivity contribution in [1.82, 2.24) is 0 Å². The zero-order valence-electron chi connectivity index (χ0n) is 8.16. The van der Waals surface area contributed by atoms with E-state index >= 15 is 0 Å². The normalized spacial score (nSPS) is 20.1. The van der Waals surface area contributed by atoms with Gasteiger partial charge >= 0.3 is 0 Å². The van der Waals surface area contributed by atoms with E-state index in [9.17, 15) is 0 Å². The van der Waals surface area contributed by atoms with E-state index < -0.39 is 8.07 Å². The fraction of sp³-hybridized carbons (Fsp3) is 0.333. The monoisotopic (exact) mass is 188 g/mol. The summed E-state index contributed by atoms with van der Waals surface area (Å²) in [6, 6.07) is 13.6. The lowest BCUT2D eigenvalue weighted by Gasteiger charge is -2.32. The highest BCUT2D eigenvalue weighted by molar-refractivity contribution is 6.86. The van der Waals surface area contributed by atoms with Crippen LogP contribution in [0.3, 0.4) is 0 Å². The molecule has 1 heterocycles. The molecular weight excluding hydrogens is 172 g/mol. The minimum atomic E-state index is -0.860. The molecular formula is C12H16Si. The van der Waals surface area contributed by atoms with E-state index in [1.165, 1.54) is 24.1 Å². The van der Waals surface area contributed by atoms with Gasteiger partial charge in [0.05, 0.1) is 8.07 Å². The molecule has 0 amide bonds. The zero-order valence-corrected chi connectivity index (χ0v) is 9.16. The van der Waals surface area contributed by atoms with Crippen LogP contribution in [0.25, 0.3) is 6.08 Å². The number of hydrogen-bond donors (Lipinski definition) is 0. The molecule has 1 aromatic carbocycles. The molecule has 1 heteroatoms. The van der Waals surface area contributed by atoms with Gasteiger partial charge in [0.1, 0.15) is 0 Å². The topological polar surface area (TPSA) is 0 Å². The van der Waals surface area contributed by atoms with Crippen LogP contribution in [0, 0.1) is 0 Å². The van der Waals surface area contributed by atoms with Crippen molar-refractivity contribution in [2.75, 3.05) is 0 Å². The minimum absolute atomic E-state index is 0.860. The largest absolute Gasteiger partial charge is 0.0939 e. The molecule has 1 saturated heterocycles. The summed E-state index contributed by atoms with van der Waals surface area (Å²) in [5.74, 6) is 0. The van der Waals surface area contributed by atoms with Gasteiger partial charge in [-0.15, -0.1) is 0 Å². The lowest BCUT2D eigenvalue weighted by molar-refractivity contribution is 0.917. The lowest BCUT2D eigenvalue weighted by Crippen LogP contribution is -2.35. The van der Waals surface area contributed by atoms with E-state index in [2.05, 4.69) is 48.7 Å². The summed E-state index contributed by atoms with van der Waals surface area (Å²) < 4.78 is 0. The van der Waals surface area contributed by atoms with Gasteiger partial charge in [0.15, 0.2) is 0 Å². The highest BCUT2D eigenvalue weighted by Gasteiger charge is 2.30. The van der Waals surface area contributed by atoms with E-state index in [0.29, 0.717) is 0 Å². The van der Waals surface area contributed by atoms with Gasteiger partial charge in [-0.1, -0.05) is 67.2 Å². The van der Waals surface area contributed by atoms with Crippen LogP contribution >= 0.6 is 0 Å². The summed E-state index contributed by atoms with van der Waals surface area (Å²) in [5, 5.41) is 0. The maximum atomic E-state index is 2.51. The first-order chi connectivity index (χ1) is 6.29. The summed E-state index contributed by atoms with van der Waals surface area (Å²) >= 11 is 0. The first-order valence-electron chi connectivity index (χ1n) is 5.03. The molecule has 68 valence electrons. The predicted octanol–water partition coefficient (Wildman–Crippen LogP) is 3.72. The van der Waals surface area contributed by atoms with Crippen molar-refractivity contribution in [3.05, 3.63) is 41.6 Å². The fourth-order valence-corrected chi connectivity index (χ4v) is 4.16. The summed E-state index contributed by atoms with van der Waals surface area (Å²) in [4.78, 5) is 0. The number of benzene rings is 1. The van der Waals surface area contributed by atoms with E-state index in [1.54, 1.807) is 0 Å². The molecule has 0 nitrogen and oxygen atoms in total. The van der Waals surface area contributed by atoms with Crippen LogP contribution in [-0.2, 0) is 0 Å². The maximum absolute atomic E-state index is 2.51. The summed E-state index contributed by atoms with van der Waals surface area (Å²) in [6.07, 6.45) is 3.77. The van der Waals surface area contributed by atoms with Crippen molar-refractivity contribution in [1.29, 1.82) is 0 Å². The molecule has 0 bridgehead atoms. The third-order valence-electron chi connectivity index (χ3n) is 2.97. The second-order valence-corrected chi connectivity index (χ2v) is 8.89. The van der Waals surface area contributed by atoms with Crippen molar-refractivity contribution in [3.8, 4) is 0 Å². The van der Waals surface area contributed by atoms with Crippen molar-refractivity contribution in [2.45, 2.75) is 25.1 Å². The third-order valence-corrected chi connectivity index (χ3v) is 6.94. The molecule has 0 spiro atoms. The minimum Gasteiger partial charge on any atom is -0.0939 e. The molecule has 0 saturated carbocycles. The van der Waals surface area contributed by atoms with Gasteiger partial charge in [-0.25, -0.2) is 0 Å². The van der Waals surface area contributed by atoms with E-state index in [-0.39, 0.29) is 0 Å². The summed E-state index contributed by atoms with van der Waals surface area (Å²) in [5.41, 5.74) is 3.86. The van der Waals surface area contributed by atoms with Crippen LogP contribution in [0.2, 0.25) is 18.6 Å². The van der Waals surface area contributed by atoms with E-state index in [1.807, 2.05) is 0 Å². The number of rotatable bonds is 2. The molecule has 13 heavy (non-hydrogen) atoms. The first kappa shape index (κ1) is 8.76. The Bertz CT molecular complexity index is 296. The molecule has 0 N–H and O–H groups in total. The fourth-order valence-electron chi connectivity index (χ4n) is 1.76. The average Bonchev–Trinajstić information content (AvgIpc) is 2.13. The van der Waals surface area contributed by atoms with Gasteiger partial charge in [-0.2, -0.15) is 0 Å². The van der Waals surface area contributed by atoms with Crippen molar-refractivity contribution >= 4 is 14.1 Å². The van der Waals surface area contributed by atoms with Crippen molar-refractivity contribution in [3.63, 3.8) is 0 Å². The van der Waals surface area contributed by atoms with Crippen LogP contribution in [0.4, 0.5) is 0 Å². The second-order valence-electron chi connectivity index (χ2n) is 4.25. The zero-order chi connectivity index (χ0) is 9.15. The molecule has 2 rings (SSSR count). The Kier molecular flexibility index (Phi) is 2.36. The van der Waals surface area contributed by atoms with Gasteiger partial charge in [0, 0.05) is 0 Å². The van der Waals surface area contributed by atoms with Crippen LogP contribution in [-0.4, -0.2) is 8.07 Å². The van der Waals surface area contributed by atoms with E-state index in [4.69, 9.17) is 0 Å². The average molecular weight is 188 g/mol. The first-order valence-corrected chi connectivity index (χ1v) is 8.02. The summed E-state index contributed by atoms with van der Waals surface area (Å²) in [6.45, 7) is 2.48. The van der Waals surface area contributed by atoms with Crippen LogP contribution in [0.15, 0.2) is 36.0 Å². The van der Waals surface area contributed by atoms with Crippen LogP contribution in [0.5, 0.6) is 0 Å². The standard InChI is InChI=1S/C12H16Si/c1-13(9-5-10-13)11-8-12-6-3-2-4-7-12/h2-4,6-8,11H,5,9-10H2,1H3/b11-8+. The Morgan fingerprint density at radius 1 is 1.15 bits per heavy atom. The lowest BCUT2D eigenvalue weighted by atomic mass is 10.2. The Balaban J connectivity index is 2.05. The quantitative estimate of drug-likeness (QED) is 0.620. The van der Waals surface area contributed by atoms with Gasteiger partial charge in [0.25, 0.3) is 0 Å². The molecule has 0 unspecified atom stereocenters. The SMILES string of the molecule is C[Si]1(/C=C/c2ccccc2)CCC1. The van der Waals surface area contributed by atoms with Gasteiger partial charge in [0.2, 0.25) is 0 Å². The molecule has 0 atom stereocenters. The molecule has 1 aromatic rings. The smallest absolute Gasteiger partial charge is 0.0747 e. The van der Waals surface area contributed by atoms with E-state index in [0.717, 1.165) is 0 Å². The predicted molar refractivity (Wildman–Crippen MR) is 61.3 cm³/mol. The van der Waals surface area contributed by atoms with Gasteiger partial charge < -0.3 is 0 Å². The highest BCUT2D eigenvalue weighted by Crippen LogP contribution is 2.33. The molecule has 0 aromatic heterocycles. The summed E-state index contributed by atoms with van der Waals surface area (Å²) in [7, 11) is -0.860. The van der Waals surface area contributed by atoms with Crippen LogP contribution in [0.1, 0.15) is 12.0 Å². The Labute approximate surface area is 81.3 Å². The molecule has 1 aliphatic rings. The molecule has 1 aliphatic heterocycles. The van der Waals surface area contributed by atoms with Gasteiger partial charge in [-0.3, -0.25) is 0 Å². The molecule has 1 fully saturated rings. The van der Waals surface area contributed by atoms with Crippen molar-refractivity contribution < 1.29 is 0 Å². The van der Waals surface area contributed by atoms with Gasteiger partial charge in [-0.05, 0) is 5.56 Å².